The van der Waals surface area contributed by atoms with Gasteiger partial charge in [0.15, 0.2) is 0 Å². The summed E-state index contributed by atoms with van der Waals surface area (Å²) >= 11 is 0. The summed E-state index contributed by atoms with van der Waals surface area (Å²) < 4.78 is 0. The minimum atomic E-state index is 0.745. The van der Waals surface area contributed by atoms with E-state index in [4.69, 9.17) is 5.84 Å². The van der Waals surface area contributed by atoms with Crippen LogP contribution in [0.4, 0.5) is 0 Å². The Balaban J connectivity index is 2.31. The SMILES string of the molecule is CNCC1CN(N)CC1C. The molecule has 0 aromatic heterocycles. The summed E-state index contributed by atoms with van der Waals surface area (Å²) in [6.07, 6.45) is 0. The largest absolute Gasteiger partial charge is 0.319 e. The van der Waals surface area contributed by atoms with Crippen molar-refractivity contribution in [1.82, 2.24) is 10.3 Å². The van der Waals surface area contributed by atoms with Crippen LogP contribution in [0, 0.1) is 11.8 Å². The van der Waals surface area contributed by atoms with Crippen molar-refractivity contribution in [3.8, 4) is 0 Å². The number of hydrazine groups is 1. The Bertz CT molecular complexity index is 105. The van der Waals surface area contributed by atoms with Gasteiger partial charge in [0.25, 0.3) is 0 Å². The monoisotopic (exact) mass is 143 g/mol. The van der Waals surface area contributed by atoms with Crippen molar-refractivity contribution in [1.29, 1.82) is 0 Å². The zero-order valence-corrected chi connectivity index (χ0v) is 6.80. The quantitative estimate of drug-likeness (QED) is 0.519. The van der Waals surface area contributed by atoms with Crippen LogP contribution in [0.15, 0.2) is 0 Å². The van der Waals surface area contributed by atoms with Crippen molar-refractivity contribution in [2.24, 2.45) is 17.7 Å². The molecular formula is C7H17N3. The van der Waals surface area contributed by atoms with Crippen molar-refractivity contribution in [3.63, 3.8) is 0 Å². The molecule has 1 aliphatic heterocycles. The topological polar surface area (TPSA) is 41.3 Å². The van der Waals surface area contributed by atoms with Gasteiger partial charge in [-0.3, -0.25) is 5.84 Å². The molecule has 0 spiro atoms. The van der Waals surface area contributed by atoms with Gasteiger partial charge in [-0.15, -0.1) is 0 Å². The maximum absolute atomic E-state index is 5.65. The van der Waals surface area contributed by atoms with Crippen molar-refractivity contribution in [2.45, 2.75) is 6.92 Å². The lowest BCUT2D eigenvalue weighted by molar-refractivity contribution is 0.335. The molecule has 1 heterocycles. The predicted octanol–water partition coefficient (Wildman–Crippen LogP) is -0.353. The summed E-state index contributed by atoms with van der Waals surface area (Å²) in [7, 11) is 1.99. The normalized spacial score (nSPS) is 35.1. The van der Waals surface area contributed by atoms with E-state index in [-0.39, 0.29) is 0 Å². The second-order valence-electron chi connectivity index (χ2n) is 3.25. The number of hydrogen-bond donors (Lipinski definition) is 2. The highest BCUT2D eigenvalue weighted by atomic mass is 15.4. The van der Waals surface area contributed by atoms with E-state index in [2.05, 4.69) is 12.2 Å². The van der Waals surface area contributed by atoms with Crippen LogP contribution in [0.2, 0.25) is 0 Å². The lowest BCUT2D eigenvalue weighted by Gasteiger charge is -2.11. The van der Waals surface area contributed by atoms with Crippen LogP contribution in [0.25, 0.3) is 0 Å². The molecule has 60 valence electrons. The van der Waals surface area contributed by atoms with Crippen molar-refractivity contribution in [3.05, 3.63) is 0 Å². The fraction of sp³-hybridized carbons (Fsp3) is 1.00. The zero-order chi connectivity index (χ0) is 7.56. The smallest absolute Gasteiger partial charge is 0.0172 e. The first-order valence-electron chi connectivity index (χ1n) is 3.88. The molecule has 3 N–H and O–H groups in total. The van der Waals surface area contributed by atoms with Gasteiger partial charge in [-0.1, -0.05) is 6.92 Å². The minimum Gasteiger partial charge on any atom is -0.319 e. The Hall–Kier alpha value is -0.120. The van der Waals surface area contributed by atoms with E-state index in [9.17, 15) is 0 Å². The van der Waals surface area contributed by atoms with Crippen LogP contribution in [0.5, 0.6) is 0 Å². The third-order valence-corrected chi connectivity index (χ3v) is 2.26. The Morgan fingerprint density at radius 1 is 1.60 bits per heavy atom. The molecule has 0 aromatic rings. The van der Waals surface area contributed by atoms with Gasteiger partial charge in [-0.05, 0) is 25.4 Å². The van der Waals surface area contributed by atoms with Crippen molar-refractivity contribution < 1.29 is 0 Å². The summed E-state index contributed by atoms with van der Waals surface area (Å²) in [6.45, 7) is 5.44. The highest BCUT2D eigenvalue weighted by Gasteiger charge is 2.26. The van der Waals surface area contributed by atoms with E-state index < -0.39 is 0 Å². The fourth-order valence-electron chi connectivity index (χ4n) is 1.60. The van der Waals surface area contributed by atoms with Gasteiger partial charge in [0.05, 0.1) is 0 Å². The summed E-state index contributed by atoms with van der Waals surface area (Å²) in [6, 6.07) is 0. The summed E-state index contributed by atoms with van der Waals surface area (Å²) in [5, 5.41) is 5.09. The maximum atomic E-state index is 5.65. The molecule has 3 nitrogen and oxygen atoms in total. The Morgan fingerprint density at radius 2 is 2.30 bits per heavy atom. The molecule has 0 bridgehead atoms. The highest BCUT2D eigenvalue weighted by molar-refractivity contribution is 4.79. The lowest BCUT2D eigenvalue weighted by Crippen LogP contribution is -2.29. The molecular weight excluding hydrogens is 126 g/mol. The Kier molecular flexibility index (Phi) is 2.65. The van der Waals surface area contributed by atoms with Crippen molar-refractivity contribution >= 4 is 0 Å². The number of nitrogens with two attached hydrogens (primary N) is 1. The maximum Gasteiger partial charge on any atom is 0.0172 e. The van der Waals surface area contributed by atoms with Gasteiger partial charge in [0.2, 0.25) is 0 Å². The number of hydrogen-bond acceptors (Lipinski definition) is 3. The van der Waals surface area contributed by atoms with Crippen LogP contribution < -0.4 is 11.2 Å². The lowest BCUT2D eigenvalue weighted by atomic mass is 9.98. The molecule has 1 saturated heterocycles. The highest BCUT2D eigenvalue weighted by Crippen LogP contribution is 2.18. The van der Waals surface area contributed by atoms with Gasteiger partial charge in [-0.2, -0.15) is 0 Å². The average molecular weight is 143 g/mol. The molecule has 1 rings (SSSR count). The van der Waals surface area contributed by atoms with Crippen LogP contribution in [0.3, 0.4) is 0 Å². The Labute approximate surface area is 62.5 Å². The molecule has 0 amide bonds. The van der Waals surface area contributed by atoms with E-state index in [0.717, 1.165) is 31.5 Å². The molecule has 0 aromatic carbocycles. The molecule has 3 heteroatoms. The molecule has 0 saturated carbocycles. The van der Waals surface area contributed by atoms with Gasteiger partial charge in [0.1, 0.15) is 0 Å². The molecule has 1 aliphatic rings. The van der Waals surface area contributed by atoms with Crippen LogP contribution in [-0.2, 0) is 0 Å². The second kappa shape index (κ2) is 3.32. The first-order valence-corrected chi connectivity index (χ1v) is 3.88. The number of nitrogens with one attached hydrogen (secondary N) is 1. The van der Waals surface area contributed by atoms with Gasteiger partial charge in [-0.25, -0.2) is 5.01 Å². The van der Waals surface area contributed by atoms with Crippen LogP contribution in [-0.4, -0.2) is 31.7 Å². The van der Waals surface area contributed by atoms with Crippen LogP contribution >= 0.6 is 0 Å². The third kappa shape index (κ3) is 1.68. The summed E-state index contributed by atoms with van der Waals surface area (Å²) in [4.78, 5) is 0. The van der Waals surface area contributed by atoms with Crippen LogP contribution in [0.1, 0.15) is 6.92 Å². The summed E-state index contributed by atoms with van der Waals surface area (Å²) in [5.41, 5.74) is 0. The first kappa shape index (κ1) is 7.98. The fourth-order valence-corrected chi connectivity index (χ4v) is 1.60. The summed E-state index contributed by atoms with van der Waals surface area (Å²) in [5.74, 6) is 7.14. The second-order valence-corrected chi connectivity index (χ2v) is 3.25. The van der Waals surface area contributed by atoms with E-state index in [1.807, 2.05) is 12.1 Å². The molecule has 0 radical (unpaired) electrons. The first-order chi connectivity index (χ1) is 4.74. The third-order valence-electron chi connectivity index (χ3n) is 2.26. The standard InChI is InChI=1S/C7H17N3/c1-6-4-10(8)5-7(6)3-9-2/h6-7,9H,3-5,8H2,1-2H3. The van der Waals surface area contributed by atoms with Gasteiger partial charge < -0.3 is 5.32 Å². The van der Waals surface area contributed by atoms with E-state index in [0.29, 0.717) is 0 Å². The van der Waals surface area contributed by atoms with Gasteiger partial charge >= 0.3 is 0 Å². The van der Waals surface area contributed by atoms with E-state index >= 15 is 0 Å². The predicted molar refractivity (Wildman–Crippen MR) is 42.3 cm³/mol. The zero-order valence-electron chi connectivity index (χ0n) is 6.80. The molecule has 10 heavy (non-hydrogen) atoms. The van der Waals surface area contributed by atoms with E-state index in [1.165, 1.54) is 0 Å². The Morgan fingerprint density at radius 3 is 2.70 bits per heavy atom. The number of rotatable bonds is 2. The van der Waals surface area contributed by atoms with E-state index in [1.54, 1.807) is 0 Å². The number of nitrogens with zero attached hydrogens (tertiary/aromatic N) is 1. The molecule has 2 atom stereocenters. The molecule has 0 aliphatic carbocycles. The average Bonchev–Trinajstić information content (AvgIpc) is 2.13. The van der Waals surface area contributed by atoms with Crippen molar-refractivity contribution in [2.75, 3.05) is 26.7 Å². The minimum absolute atomic E-state index is 0.745. The molecule has 2 unspecified atom stereocenters. The molecule has 1 fully saturated rings. The van der Waals surface area contributed by atoms with Gasteiger partial charge in [0, 0.05) is 13.1 Å².